The van der Waals surface area contributed by atoms with E-state index in [0.29, 0.717) is 30.5 Å². The largest absolute Gasteiger partial charge is 0.469 e. The van der Waals surface area contributed by atoms with Crippen molar-refractivity contribution in [2.75, 3.05) is 7.11 Å². The number of carbonyl (C=O) groups excluding carboxylic acids is 2. The Labute approximate surface area is 156 Å². The molecule has 4 rings (SSSR count). The summed E-state index contributed by atoms with van der Waals surface area (Å²) in [4.78, 5) is 32.7. The van der Waals surface area contributed by atoms with Gasteiger partial charge >= 0.3 is 5.97 Å². The summed E-state index contributed by atoms with van der Waals surface area (Å²) in [5.74, 6) is -0.530. The highest BCUT2D eigenvalue weighted by molar-refractivity contribution is 5.96. The van der Waals surface area contributed by atoms with Gasteiger partial charge in [-0.1, -0.05) is 30.3 Å². The maximum Gasteiger partial charge on any atom is 0.308 e. The Kier molecular flexibility index (Phi) is 4.58. The fourth-order valence-corrected chi connectivity index (χ4v) is 3.33. The van der Waals surface area contributed by atoms with Crippen LogP contribution in [-0.4, -0.2) is 39.6 Å². The number of carbonyl (C=O) groups is 2. The van der Waals surface area contributed by atoms with Crippen molar-refractivity contribution in [2.24, 2.45) is 5.92 Å². The molecule has 0 bridgehead atoms. The first kappa shape index (κ1) is 17.2. The van der Waals surface area contributed by atoms with E-state index < -0.39 is 0 Å². The number of ether oxygens (including phenoxy) is 1. The number of fused-ring (bicyclic) bond motifs is 1. The minimum Gasteiger partial charge on any atom is -0.469 e. The molecular weight excluding hydrogens is 344 g/mol. The van der Waals surface area contributed by atoms with Crippen molar-refractivity contribution in [2.45, 2.75) is 25.4 Å². The first-order valence-corrected chi connectivity index (χ1v) is 8.87. The zero-order valence-corrected chi connectivity index (χ0v) is 15.0. The highest BCUT2D eigenvalue weighted by Crippen LogP contribution is 2.28. The predicted molar refractivity (Wildman–Crippen MR) is 99.1 cm³/mol. The molecule has 1 saturated carbocycles. The average Bonchev–Trinajstić information content (AvgIpc) is 3.06. The van der Waals surface area contributed by atoms with Gasteiger partial charge in [0.2, 0.25) is 0 Å². The molecule has 3 aromatic rings. The van der Waals surface area contributed by atoms with Crippen LogP contribution in [0.2, 0.25) is 0 Å². The normalized spacial score (nSPS) is 18.7. The van der Waals surface area contributed by atoms with Crippen LogP contribution in [-0.2, 0) is 16.1 Å². The molecule has 0 aliphatic heterocycles. The molecule has 0 unspecified atom stereocenters. The van der Waals surface area contributed by atoms with E-state index in [9.17, 15) is 9.59 Å². The molecule has 0 spiro atoms. The van der Waals surface area contributed by atoms with E-state index in [1.165, 1.54) is 7.11 Å². The molecular formula is C20H20N4O3. The molecule has 2 heterocycles. The summed E-state index contributed by atoms with van der Waals surface area (Å²) in [5.41, 5.74) is 3.05. The standard InChI is InChI=1S/C20H20N4O3/c1-27-20(26)14-7-16(8-14)23-19(25)15-9-17-18(21-10-15)24(12-22-17)11-13-5-3-2-4-6-13/h2-6,9-10,12,14,16H,7-8,11H2,1H3,(H,23,25). The quantitative estimate of drug-likeness (QED) is 0.701. The molecule has 1 N–H and O–H groups in total. The van der Waals surface area contributed by atoms with Gasteiger partial charge in [0.25, 0.3) is 5.91 Å². The molecule has 1 aliphatic carbocycles. The number of nitrogens with zero attached hydrogens (tertiary/aromatic N) is 3. The van der Waals surface area contributed by atoms with E-state index in [1.54, 1.807) is 18.6 Å². The Bertz CT molecular complexity index is 977. The summed E-state index contributed by atoms with van der Waals surface area (Å²) < 4.78 is 6.67. The van der Waals surface area contributed by atoms with Crippen molar-refractivity contribution in [1.29, 1.82) is 0 Å². The van der Waals surface area contributed by atoms with Gasteiger partial charge in [-0.05, 0) is 24.5 Å². The Balaban J connectivity index is 1.43. The lowest BCUT2D eigenvalue weighted by Gasteiger charge is -2.33. The Morgan fingerprint density at radius 2 is 2.00 bits per heavy atom. The van der Waals surface area contributed by atoms with Crippen molar-refractivity contribution < 1.29 is 14.3 Å². The van der Waals surface area contributed by atoms with Crippen LogP contribution in [0, 0.1) is 5.92 Å². The van der Waals surface area contributed by atoms with Crippen molar-refractivity contribution in [1.82, 2.24) is 19.9 Å². The summed E-state index contributed by atoms with van der Waals surface area (Å²) in [6.07, 6.45) is 4.52. The van der Waals surface area contributed by atoms with E-state index in [-0.39, 0.29) is 23.8 Å². The lowest BCUT2D eigenvalue weighted by atomic mass is 9.80. The molecule has 7 nitrogen and oxygen atoms in total. The minimum absolute atomic E-state index is 0.00654. The van der Waals surface area contributed by atoms with Crippen LogP contribution in [0.3, 0.4) is 0 Å². The van der Waals surface area contributed by atoms with E-state index in [0.717, 1.165) is 11.2 Å². The third kappa shape index (κ3) is 3.53. The SMILES string of the molecule is COC(=O)C1CC(NC(=O)c2cnc3c(c2)ncn3Cc2ccccc2)C1. The van der Waals surface area contributed by atoms with Crippen LogP contribution in [0.1, 0.15) is 28.8 Å². The van der Waals surface area contributed by atoms with Crippen molar-refractivity contribution in [3.05, 3.63) is 60.0 Å². The molecule has 0 atom stereocenters. The van der Waals surface area contributed by atoms with E-state index in [1.807, 2.05) is 34.9 Å². The van der Waals surface area contributed by atoms with Gasteiger partial charge in [-0.25, -0.2) is 9.97 Å². The lowest BCUT2D eigenvalue weighted by molar-refractivity contribution is -0.149. The topological polar surface area (TPSA) is 86.1 Å². The molecule has 0 radical (unpaired) electrons. The van der Waals surface area contributed by atoms with E-state index in [2.05, 4.69) is 15.3 Å². The van der Waals surface area contributed by atoms with Gasteiger partial charge in [-0.2, -0.15) is 0 Å². The van der Waals surface area contributed by atoms with Crippen molar-refractivity contribution in [3.63, 3.8) is 0 Å². The third-order valence-corrected chi connectivity index (χ3v) is 4.92. The maximum absolute atomic E-state index is 12.4. The van der Waals surface area contributed by atoms with Gasteiger partial charge in [0.1, 0.15) is 5.52 Å². The second-order valence-electron chi connectivity index (χ2n) is 6.79. The van der Waals surface area contributed by atoms with Gasteiger partial charge in [-0.15, -0.1) is 0 Å². The summed E-state index contributed by atoms with van der Waals surface area (Å²) in [6, 6.07) is 11.8. The lowest BCUT2D eigenvalue weighted by Crippen LogP contribution is -2.47. The molecule has 1 aromatic carbocycles. The van der Waals surface area contributed by atoms with E-state index in [4.69, 9.17) is 4.74 Å². The molecule has 7 heteroatoms. The van der Waals surface area contributed by atoms with Crippen molar-refractivity contribution >= 4 is 23.0 Å². The number of imidazole rings is 1. The van der Waals surface area contributed by atoms with Crippen LogP contribution in [0.4, 0.5) is 0 Å². The van der Waals surface area contributed by atoms with Crippen LogP contribution < -0.4 is 5.32 Å². The number of methoxy groups -OCH3 is 1. The maximum atomic E-state index is 12.4. The number of hydrogen-bond donors (Lipinski definition) is 1. The fraction of sp³-hybridized carbons (Fsp3) is 0.300. The van der Waals surface area contributed by atoms with E-state index >= 15 is 0 Å². The van der Waals surface area contributed by atoms with Gasteiger partial charge in [0, 0.05) is 12.2 Å². The number of hydrogen-bond acceptors (Lipinski definition) is 5. The molecule has 27 heavy (non-hydrogen) atoms. The number of pyridine rings is 1. The Hall–Kier alpha value is -3.22. The Morgan fingerprint density at radius 1 is 1.22 bits per heavy atom. The highest BCUT2D eigenvalue weighted by atomic mass is 16.5. The smallest absolute Gasteiger partial charge is 0.308 e. The van der Waals surface area contributed by atoms with Gasteiger partial charge in [0.15, 0.2) is 5.65 Å². The summed E-state index contributed by atoms with van der Waals surface area (Å²) in [5, 5.41) is 2.93. The monoisotopic (exact) mass is 364 g/mol. The summed E-state index contributed by atoms with van der Waals surface area (Å²) >= 11 is 0. The van der Waals surface area contributed by atoms with Gasteiger partial charge in [-0.3, -0.25) is 9.59 Å². The van der Waals surface area contributed by atoms with Gasteiger partial charge in [0.05, 0.1) is 31.5 Å². The molecule has 1 amide bonds. The van der Waals surface area contributed by atoms with Crippen LogP contribution in [0.15, 0.2) is 48.9 Å². The number of nitrogens with one attached hydrogen (secondary N) is 1. The Morgan fingerprint density at radius 3 is 2.74 bits per heavy atom. The summed E-state index contributed by atoms with van der Waals surface area (Å²) in [7, 11) is 1.38. The number of amides is 1. The highest BCUT2D eigenvalue weighted by Gasteiger charge is 2.36. The second kappa shape index (κ2) is 7.19. The molecule has 2 aromatic heterocycles. The average molecular weight is 364 g/mol. The number of rotatable bonds is 5. The zero-order valence-electron chi connectivity index (χ0n) is 15.0. The zero-order chi connectivity index (χ0) is 18.8. The second-order valence-corrected chi connectivity index (χ2v) is 6.79. The summed E-state index contributed by atoms with van der Waals surface area (Å²) in [6.45, 7) is 0.673. The predicted octanol–water partition coefficient (Wildman–Crippen LogP) is 2.16. The molecule has 138 valence electrons. The minimum atomic E-state index is -0.215. The third-order valence-electron chi connectivity index (χ3n) is 4.92. The number of aromatic nitrogens is 3. The van der Waals surface area contributed by atoms with Crippen molar-refractivity contribution in [3.8, 4) is 0 Å². The fourth-order valence-electron chi connectivity index (χ4n) is 3.33. The molecule has 0 saturated heterocycles. The van der Waals surface area contributed by atoms with Crippen LogP contribution in [0.5, 0.6) is 0 Å². The number of esters is 1. The van der Waals surface area contributed by atoms with Gasteiger partial charge < -0.3 is 14.6 Å². The number of benzene rings is 1. The van der Waals surface area contributed by atoms with Crippen LogP contribution in [0.25, 0.3) is 11.2 Å². The van der Waals surface area contributed by atoms with Crippen LogP contribution >= 0.6 is 0 Å². The first-order valence-electron chi connectivity index (χ1n) is 8.87. The molecule has 1 fully saturated rings. The molecule has 1 aliphatic rings. The first-order chi connectivity index (χ1) is 13.1.